The molecule has 1 amide bonds. The smallest absolute Gasteiger partial charge is 0.395 e. The second kappa shape index (κ2) is 6.79. The van der Waals surface area contributed by atoms with Gasteiger partial charge in [-0.25, -0.2) is 4.98 Å². The zero-order valence-corrected chi connectivity index (χ0v) is 15.3. The van der Waals surface area contributed by atoms with Gasteiger partial charge in [0.2, 0.25) is 5.91 Å². The number of hydrogen-bond acceptors (Lipinski definition) is 6. The van der Waals surface area contributed by atoms with Gasteiger partial charge in [-0.2, -0.15) is 0 Å². The number of ether oxygens (including phenoxy) is 2. The number of carbonyl (C=O) groups excluding carboxylic acids is 1. The number of thioether (sulfide) groups is 1. The second-order valence-electron chi connectivity index (χ2n) is 5.94. The predicted octanol–water partition coefficient (Wildman–Crippen LogP) is 2.99. The fourth-order valence-electron chi connectivity index (χ4n) is 2.68. The average Bonchev–Trinajstić information content (AvgIpc) is 2.96. The summed E-state index contributed by atoms with van der Waals surface area (Å²) in [6.07, 6.45) is -3.71. The van der Waals surface area contributed by atoms with Crippen LogP contribution in [0.25, 0.3) is 10.9 Å². The number of hydrogen-bond donors (Lipinski definition) is 1. The van der Waals surface area contributed by atoms with Crippen molar-refractivity contribution in [1.29, 1.82) is 0 Å². The molecule has 0 saturated heterocycles. The maximum atomic E-state index is 13.1. The minimum absolute atomic E-state index is 0.0246. The van der Waals surface area contributed by atoms with Gasteiger partial charge in [-0.15, -0.1) is 8.78 Å². The van der Waals surface area contributed by atoms with Gasteiger partial charge in [0.15, 0.2) is 16.7 Å². The SMILES string of the molecule is Cn1c(SCC(=O)Nc2ccc3c(c2)OC(F)(F)O3)nc2ccccc2c1=O. The highest BCUT2D eigenvalue weighted by Gasteiger charge is 2.43. The zero-order valence-electron chi connectivity index (χ0n) is 14.4. The molecular weight excluding hydrogens is 392 g/mol. The second-order valence-corrected chi connectivity index (χ2v) is 6.88. The van der Waals surface area contributed by atoms with E-state index in [9.17, 15) is 18.4 Å². The molecule has 1 aliphatic rings. The van der Waals surface area contributed by atoms with E-state index in [0.29, 0.717) is 16.1 Å². The van der Waals surface area contributed by atoms with Gasteiger partial charge in [-0.05, 0) is 24.3 Å². The first kappa shape index (κ1) is 18.2. The molecule has 1 aliphatic heterocycles. The van der Waals surface area contributed by atoms with E-state index in [1.165, 1.54) is 22.8 Å². The van der Waals surface area contributed by atoms with E-state index >= 15 is 0 Å². The summed E-state index contributed by atoms with van der Waals surface area (Å²) in [7, 11) is 1.58. The van der Waals surface area contributed by atoms with Gasteiger partial charge in [-0.1, -0.05) is 23.9 Å². The van der Waals surface area contributed by atoms with E-state index in [1.807, 2.05) is 0 Å². The van der Waals surface area contributed by atoms with E-state index in [0.717, 1.165) is 11.8 Å². The van der Waals surface area contributed by atoms with Crippen molar-refractivity contribution in [3.8, 4) is 11.5 Å². The molecule has 0 bridgehead atoms. The molecule has 3 aromatic rings. The molecule has 0 radical (unpaired) electrons. The van der Waals surface area contributed by atoms with Crippen LogP contribution >= 0.6 is 11.8 Å². The van der Waals surface area contributed by atoms with E-state index in [2.05, 4.69) is 19.8 Å². The Hall–Kier alpha value is -3.14. The van der Waals surface area contributed by atoms with Crippen LogP contribution in [0.15, 0.2) is 52.4 Å². The number of anilines is 1. The Morgan fingerprint density at radius 1 is 1.21 bits per heavy atom. The number of fused-ring (bicyclic) bond motifs is 2. The van der Waals surface area contributed by atoms with Crippen LogP contribution in [-0.4, -0.2) is 27.5 Å². The number of amides is 1. The number of halogens is 2. The molecule has 1 N–H and O–H groups in total. The highest BCUT2D eigenvalue weighted by atomic mass is 32.2. The number of aromatic nitrogens is 2. The molecule has 0 atom stereocenters. The zero-order chi connectivity index (χ0) is 19.9. The van der Waals surface area contributed by atoms with Gasteiger partial charge >= 0.3 is 6.29 Å². The molecule has 4 rings (SSSR count). The van der Waals surface area contributed by atoms with Crippen molar-refractivity contribution < 1.29 is 23.0 Å². The molecular formula is C18H13F2N3O4S. The van der Waals surface area contributed by atoms with Gasteiger partial charge < -0.3 is 14.8 Å². The molecule has 0 spiro atoms. The van der Waals surface area contributed by atoms with Crippen LogP contribution in [0.1, 0.15) is 0 Å². The number of carbonyl (C=O) groups is 1. The van der Waals surface area contributed by atoms with Crippen molar-refractivity contribution in [1.82, 2.24) is 9.55 Å². The minimum Gasteiger partial charge on any atom is -0.395 e. The Morgan fingerprint density at radius 3 is 2.79 bits per heavy atom. The molecule has 10 heteroatoms. The third-order valence-electron chi connectivity index (χ3n) is 3.96. The van der Waals surface area contributed by atoms with Gasteiger partial charge in [-0.3, -0.25) is 14.2 Å². The Labute approximate surface area is 161 Å². The number of para-hydroxylation sites is 1. The molecule has 0 fully saturated rings. The Bertz CT molecular complexity index is 1150. The number of nitrogens with zero attached hydrogens (tertiary/aromatic N) is 2. The topological polar surface area (TPSA) is 82.5 Å². The quantitative estimate of drug-likeness (QED) is 0.531. The molecule has 0 saturated carbocycles. The first-order valence-electron chi connectivity index (χ1n) is 8.11. The van der Waals surface area contributed by atoms with Gasteiger partial charge in [0.25, 0.3) is 5.56 Å². The van der Waals surface area contributed by atoms with Crippen molar-refractivity contribution in [3.05, 3.63) is 52.8 Å². The van der Waals surface area contributed by atoms with Crippen molar-refractivity contribution >= 4 is 34.3 Å². The van der Waals surface area contributed by atoms with E-state index in [4.69, 9.17) is 0 Å². The van der Waals surface area contributed by atoms with Crippen molar-refractivity contribution in [2.45, 2.75) is 11.5 Å². The molecule has 0 aliphatic carbocycles. The van der Waals surface area contributed by atoms with Gasteiger partial charge in [0, 0.05) is 18.8 Å². The highest BCUT2D eigenvalue weighted by molar-refractivity contribution is 7.99. The molecule has 28 heavy (non-hydrogen) atoms. The fourth-order valence-corrected chi connectivity index (χ4v) is 3.45. The predicted molar refractivity (Wildman–Crippen MR) is 99.0 cm³/mol. The summed E-state index contributed by atoms with van der Waals surface area (Å²) >= 11 is 1.09. The fraction of sp³-hybridized carbons (Fsp3) is 0.167. The minimum atomic E-state index is -3.71. The van der Waals surface area contributed by atoms with E-state index < -0.39 is 12.2 Å². The number of nitrogens with one attached hydrogen (secondary N) is 1. The molecule has 0 unspecified atom stereocenters. The van der Waals surface area contributed by atoms with Crippen LogP contribution in [0.4, 0.5) is 14.5 Å². The molecule has 1 aromatic heterocycles. The van der Waals surface area contributed by atoms with Gasteiger partial charge in [0.05, 0.1) is 16.7 Å². The maximum Gasteiger partial charge on any atom is 0.586 e. The van der Waals surface area contributed by atoms with E-state index in [1.54, 1.807) is 31.3 Å². The molecule has 144 valence electrons. The highest BCUT2D eigenvalue weighted by Crippen LogP contribution is 2.42. The molecule has 7 nitrogen and oxygen atoms in total. The van der Waals surface area contributed by atoms with Crippen LogP contribution in [0, 0.1) is 0 Å². The first-order chi connectivity index (χ1) is 13.3. The van der Waals surface area contributed by atoms with Crippen molar-refractivity contribution in [2.75, 3.05) is 11.1 Å². The Balaban J connectivity index is 1.45. The largest absolute Gasteiger partial charge is 0.586 e. The summed E-state index contributed by atoms with van der Waals surface area (Å²) in [5, 5.41) is 3.47. The standard InChI is InChI=1S/C18H13F2N3O4S/c1-23-16(25)11-4-2-3-5-12(11)22-17(23)28-9-15(24)21-10-6-7-13-14(8-10)27-18(19,20)26-13/h2-8H,9H2,1H3,(H,21,24). The van der Waals surface area contributed by atoms with Crippen LogP contribution in [0.3, 0.4) is 0 Å². The van der Waals surface area contributed by atoms with Crippen LogP contribution in [0.5, 0.6) is 11.5 Å². The summed E-state index contributed by atoms with van der Waals surface area (Å²) in [4.78, 5) is 29.0. The van der Waals surface area contributed by atoms with Crippen molar-refractivity contribution in [2.24, 2.45) is 7.05 Å². The maximum absolute atomic E-state index is 13.1. The number of benzene rings is 2. The third-order valence-corrected chi connectivity index (χ3v) is 4.99. The summed E-state index contributed by atoms with van der Waals surface area (Å²) < 4.78 is 36.1. The normalized spacial score (nSPS) is 14.2. The summed E-state index contributed by atoms with van der Waals surface area (Å²) in [6.45, 7) is 0. The number of alkyl halides is 2. The molecule has 2 heterocycles. The third kappa shape index (κ3) is 3.50. The monoisotopic (exact) mass is 405 g/mol. The van der Waals surface area contributed by atoms with Crippen LogP contribution in [0.2, 0.25) is 0 Å². The number of rotatable bonds is 4. The summed E-state index contributed by atoms with van der Waals surface area (Å²) in [5.74, 6) is -0.678. The van der Waals surface area contributed by atoms with Crippen LogP contribution in [-0.2, 0) is 11.8 Å². The average molecular weight is 405 g/mol. The van der Waals surface area contributed by atoms with Gasteiger partial charge in [0.1, 0.15) is 0 Å². The Morgan fingerprint density at radius 2 is 1.96 bits per heavy atom. The lowest BCUT2D eigenvalue weighted by Crippen LogP contribution is -2.25. The summed E-state index contributed by atoms with van der Waals surface area (Å²) in [5.41, 5.74) is 0.626. The Kier molecular flexibility index (Phi) is 4.42. The van der Waals surface area contributed by atoms with Crippen LogP contribution < -0.4 is 20.3 Å². The first-order valence-corrected chi connectivity index (χ1v) is 9.09. The van der Waals surface area contributed by atoms with Crippen molar-refractivity contribution in [3.63, 3.8) is 0 Å². The summed E-state index contributed by atoms with van der Waals surface area (Å²) in [6, 6.07) is 10.9. The molecule has 2 aromatic carbocycles. The lowest BCUT2D eigenvalue weighted by atomic mass is 10.2. The van der Waals surface area contributed by atoms with E-state index in [-0.39, 0.29) is 28.5 Å². The lowest BCUT2D eigenvalue weighted by molar-refractivity contribution is -0.286. The lowest BCUT2D eigenvalue weighted by Gasteiger charge is -2.09.